The van der Waals surface area contributed by atoms with E-state index in [9.17, 15) is 0 Å². The van der Waals surface area contributed by atoms with Gasteiger partial charge in [-0.1, -0.05) is 0 Å². The van der Waals surface area contributed by atoms with Crippen molar-refractivity contribution in [3.05, 3.63) is 53.9 Å². The van der Waals surface area contributed by atoms with Gasteiger partial charge in [0, 0.05) is 23.6 Å². The first-order chi connectivity index (χ1) is 7.74. The molecule has 3 heteroatoms. The first-order valence-electron chi connectivity index (χ1n) is 5.13. The van der Waals surface area contributed by atoms with Crippen molar-refractivity contribution in [1.29, 1.82) is 0 Å². The Morgan fingerprint density at radius 2 is 1.94 bits per heavy atom. The van der Waals surface area contributed by atoms with Gasteiger partial charge in [-0.15, -0.1) is 0 Å². The van der Waals surface area contributed by atoms with E-state index in [1.807, 2.05) is 43.6 Å². The molecule has 2 rings (SSSR count). The average molecular weight is 214 g/mol. The fourth-order valence-electron chi connectivity index (χ4n) is 1.43. The topological polar surface area (TPSA) is 48.1 Å². The van der Waals surface area contributed by atoms with Crippen LogP contribution in [-0.2, 0) is 6.61 Å². The third kappa shape index (κ3) is 2.73. The van der Waals surface area contributed by atoms with Crippen molar-refractivity contribution in [3.8, 4) is 5.75 Å². The molecule has 0 saturated heterocycles. The van der Waals surface area contributed by atoms with E-state index < -0.39 is 0 Å². The summed E-state index contributed by atoms with van der Waals surface area (Å²) in [5.74, 6) is 0.815. The zero-order valence-electron chi connectivity index (χ0n) is 9.18. The van der Waals surface area contributed by atoms with Crippen molar-refractivity contribution in [2.24, 2.45) is 0 Å². The number of nitrogens with two attached hydrogens (primary N) is 1. The second-order valence-electron chi connectivity index (χ2n) is 3.73. The molecule has 0 aliphatic heterocycles. The zero-order valence-corrected chi connectivity index (χ0v) is 9.18. The third-order valence-electron chi connectivity index (χ3n) is 2.22. The Kier molecular flexibility index (Phi) is 3.05. The number of hydrogen-bond acceptors (Lipinski definition) is 3. The second kappa shape index (κ2) is 4.66. The largest absolute Gasteiger partial charge is 0.489 e. The number of rotatable bonds is 3. The van der Waals surface area contributed by atoms with E-state index in [0.29, 0.717) is 6.61 Å². The zero-order chi connectivity index (χ0) is 11.4. The number of nitrogens with zero attached hydrogens (tertiary/aromatic N) is 1. The summed E-state index contributed by atoms with van der Waals surface area (Å²) in [5.41, 5.74) is 8.53. The minimum atomic E-state index is 0.526. The molecule has 16 heavy (non-hydrogen) atoms. The van der Waals surface area contributed by atoms with Crippen LogP contribution in [0.2, 0.25) is 0 Å². The molecule has 82 valence electrons. The highest BCUT2D eigenvalue weighted by atomic mass is 16.5. The van der Waals surface area contributed by atoms with Gasteiger partial charge in [-0.3, -0.25) is 4.98 Å². The summed E-state index contributed by atoms with van der Waals surface area (Å²) in [6.45, 7) is 2.54. The van der Waals surface area contributed by atoms with Gasteiger partial charge in [0.05, 0.1) is 0 Å². The Labute approximate surface area is 94.9 Å². The molecule has 0 spiro atoms. The van der Waals surface area contributed by atoms with Crippen molar-refractivity contribution >= 4 is 5.69 Å². The number of aryl methyl sites for hydroxylation is 1. The van der Waals surface area contributed by atoms with Crippen LogP contribution in [0.15, 0.2) is 42.7 Å². The Morgan fingerprint density at radius 3 is 2.62 bits per heavy atom. The van der Waals surface area contributed by atoms with Gasteiger partial charge in [0.25, 0.3) is 0 Å². The first kappa shape index (κ1) is 10.5. The lowest BCUT2D eigenvalue weighted by Gasteiger charge is -2.06. The van der Waals surface area contributed by atoms with Gasteiger partial charge >= 0.3 is 0 Å². The molecule has 0 radical (unpaired) electrons. The molecule has 1 aromatic heterocycles. The smallest absolute Gasteiger partial charge is 0.119 e. The summed E-state index contributed by atoms with van der Waals surface area (Å²) in [4.78, 5) is 4.11. The molecule has 0 unspecified atom stereocenters. The van der Waals surface area contributed by atoms with Crippen LogP contribution in [0.1, 0.15) is 11.1 Å². The van der Waals surface area contributed by atoms with Crippen LogP contribution in [0.3, 0.4) is 0 Å². The van der Waals surface area contributed by atoms with E-state index in [4.69, 9.17) is 10.5 Å². The maximum absolute atomic E-state index is 5.61. The van der Waals surface area contributed by atoms with Crippen LogP contribution in [0.5, 0.6) is 5.75 Å². The maximum atomic E-state index is 5.61. The quantitative estimate of drug-likeness (QED) is 0.799. The molecule has 1 heterocycles. The lowest BCUT2D eigenvalue weighted by molar-refractivity contribution is 0.305. The van der Waals surface area contributed by atoms with Gasteiger partial charge in [0.1, 0.15) is 12.4 Å². The Hall–Kier alpha value is -2.03. The molecule has 3 nitrogen and oxygen atoms in total. The Balaban J connectivity index is 1.99. The highest BCUT2D eigenvalue weighted by Gasteiger charge is 1.96. The Morgan fingerprint density at radius 1 is 1.19 bits per heavy atom. The molecule has 0 fully saturated rings. The van der Waals surface area contributed by atoms with E-state index in [0.717, 1.165) is 22.6 Å². The lowest BCUT2D eigenvalue weighted by atomic mass is 10.2. The number of nitrogen functional groups attached to an aromatic ring is 1. The van der Waals surface area contributed by atoms with E-state index in [-0.39, 0.29) is 0 Å². The average Bonchev–Trinajstić information content (AvgIpc) is 2.28. The summed E-state index contributed by atoms with van der Waals surface area (Å²) in [5, 5.41) is 0. The van der Waals surface area contributed by atoms with Crippen LogP contribution in [0.4, 0.5) is 5.69 Å². The van der Waals surface area contributed by atoms with Gasteiger partial charge in [0.15, 0.2) is 0 Å². The fourth-order valence-corrected chi connectivity index (χ4v) is 1.43. The van der Waals surface area contributed by atoms with E-state index >= 15 is 0 Å². The number of anilines is 1. The number of ether oxygens (including phenoxy) is 1. The van der Waals surface area contributed by atoms with Crippen LogP contribution in [-0.4, -0.2) is 4.98 Å². The number of hydrogen-bond donors (Lipinski definition) is 1. The molecule has 0 saturated carbocycles. The molecule has 2 aromatic rings. The SMILES string of the molecule is Cc1cncc(COc2ccc(N)cc2)c1. The van der Waals surface area contributed by atoms with Gasteiger partial charge in [0.2, 0.25) is 0 Å². The molecule has 1 aromatic carbocycles. The van der Waals surface area contributed by atoms with E-state index in [2.05, 4.69) is 11.1 Å². The van der Waals surface area contributed by atoms with Crippen molar-refractivity contribution in [2.75, 3.05) is 5.73 Å². The normalized spacial score (nSPS) is 10.1. The highest BCUT2D eigenvalue weighted by Crippen LogP contribution is 2.14. The summed E-state index contributed by atoms with van der Waals surface area (Å²) in [7, 11) is 0. The Bertz CT molecular complexity index is 466. The summed E-state index contributed by atoms with van der Waals surface area (Å²) < 4.78 is 5.61. The van der Waals surface area contributed by atoms with E-state index in [1.54, 1.807) is 0 Å². The predicted octanol–water partition coefficient (Wildman–Crippen LogP) is 2.55. The van der Waals surface area contributed by atoms with Gasteiger partial charge in [-0.05, 0) is 42.8 Å². The second-order valence-corrected chi connectivity index (χ2v) is 3.73. The van der Waals surface area contributed by atoms with Gasteiger partial charge in [-0.2, -0.15) is 0 Å². The summed E-state index contributed by atoms with van der Waals surface area (Å²) in [6, 6.07) is 9.43. The molecule has 0 bridgehead atoms. The molecule has 0 aliphatic carbocycles. The molecule has 2 N–H and O–H groups in total. The molecular formula is C13H14N2O. The van der Waals surface area contributed by atoms with Crippen LogP contribution in [0, 0.1) is 6.92 Å². The molecule has 0 atom stereocenters. The number of aromatic nitrogens is 1. The standard InChI is InChI=1S/C13H14N2O/c1-10-6-11(8-15-7-10)9-16-13-4-2-12(14)3-5-13/h2-8H,9,14H2,1H3. The summed E-state index contributed by atoms with van der Waals surface area (Å²) in [6.07, 6.45) is 3.64. The van der Waals surface area contributed by atoms with Gasteiger partial charge in [-0.25, -0.2) is 0 Å². The fraction of sp³-hybridized carbons (Fsp3) is 0.154. The van der Waals surface area contributed by atoms with Crippen molar-refractivity contribution in [1.82, 2.24) is 4.98 Å². The van der Waals surface area contributed by atoms with Crippen molar-refractivity contribution in [2.45, 2.75) is 13.5 Å². The van der Waals surface area contributed by atoms with Crippen LogP contribution in [0.25, 0.3) is 0 Å². The molecule has 0 amide bonds. The van der Waals surface area contributed by atoms with Crippen LogP contribution >= 0.6 is 0 Å². The maximum Gasteiger partial charge on any atom is 0.119 e. The minimum Gasteiger partial charge on any atom is -0.489 e. The van der Waals surface area contributed by atoms with Crippen molar-refractivity contribution < 1.29 is 4.74 Å². The number of pyridine rings is 1. The van der Waals surface area contributed by atoms with Gasteiger partial charge < -0.3 is 10.5 Å². The predicted molar refractivity (Wildman–Crippen MR) is 64.2 cm³/mol. The minimum absolute atomic E-state index is 0.526. The number of benzene rings is 1. The van der Waals surface area contributed by atoms with E-state index in [1.165, 1.54) is 0 Å². The van der Waals surface area contributed by atoms with Crippen molar-refractivity contribution in [3.63, 3.8) is 0 Å². The monoisotopic (exact) mass is 214 g/mol. The summed E-state index contributed by atoms with van der Waals surface area (Å²) >= 11 is 0. The molecular weight excluding hydrogens is 200 g/mol. The highest BCUT2D eigenvalue weighted by molar-refractivity contribution is 5.41. The third-order valence-corrected chi connectivity index (χ3v) is 2.22. The lowest BCUT2D eigenvalue weighted by Crippen LogP contribution is -1.96. The van der Waals surface area contributed by atoms with Crippen LogP contribution < -0.4 is 10.5 Å². The molecule has 0 aliphatic rings. The first-order valence-corrected chi connectivity index (χ1v) is 5.13.